The van der Waals surface area contributed by atoms with Crippen LogP contribution in [0.3, 0.4) is 0 Å². The van der Waals surface area contributed by atoms with E-state index < -0.39 is 0 Å². The van der Waals surface area contributed by atoms with E-state index in [1.807, 2.05) is 12.1 Å². The Bertz CT molecular complexity index is 727. The minimum atomic E-state index is 0.797. The minimum Gasteiger partial charge on any atom is -0.461 e. The fourth-order valence-corrected chi connectivity index (χ4v) is 2.58. The average Bonchev–Trinajstić information content (AvgIpc) is 2.84. The second kappa shape index (κ2) is 5.41. The third-order valence-electron chi connectivity index (χ3n) is 3.70. The highest BCUT2D eigenvalue weighted by Gasteiger charge is 2.12. The van der Waals surface area contributed by atoms with Crippen molar-refractivity contribution in [2.45, 2.75) is 26.8 Å². The molecule has 2 aromatic carbocycles. The number of benzene rings is 2. The smallest absolute Gasteiger partial charge is 0.134 e. The maximum atomic E-state index is 5.93. The van der Waals surface area contributed by atoms with Crippen LogP contribution in [0.15, 0.2) is 52.9 Å². The van der Waals surface area contributed by atoms with Crippen LogP contribution in [0.5, 0.6) is 0 Å². The molecule has 0 spiro atoms. The summed E-state index contributed by atoms with van der Waals surface area (Å²) in [6.45, 7) is 5.05. The molecule has 0 aliphatic rings. The number of rotatable bonds is 4. The molecule has 0 saturated carbocycles. The van der Waals surface area contributed by atoms with Crippen molar-refractivity contribution < 1.29 is 4.42 Å². The van der Waals surface area contributed by atoms with E-state index in [1.165, 1.54) is 22.2 Å². The Morgan fingerprint density at radius 2 is 1.75 bits per heavy atom. The first-order chi connectivity index (χ1) is 9.79. The monoisotopic (exact) mass is 265 g/mol. The number of hydrogen-bond acceptors (Lipinski definition) is 2. The van der Waals surface area contributed by atoms with Crippen LogP contribution < -0.4 is 5.32 Å². The van der Waals surface area contributed by atoms with E-state index in [-0.39, 0.29) is 0 Å². The average molecular weight is 265 g/mol. The van der Waals surface area contributed by atoms with Gasteiger partial charge in [-0.1, -0.05) is 43.3 Å². The Hall–Kier alpha value is -2.22. The second-order valence-corrected chi connectivity index (χ2v) is 5.02. The summed E-state index contributed by atoms with van der Waals surface area (Å²) in [6.07, 6.45) is 0.916. The molecule has 2 heteroatoms. The molecule has 102 valence electrons. The number of fused-ring (bicyclic) bond motifs is 1. The number of hydrogen-bond donors (Lipinski definition) is 1. The van der Waals surface area contributed by atoms with E-state index >= 15 is 0 Å². The van der Waals surface area contributed by atoms with Gasteiger partial charge in [-0.05, 0) is 24.6 Å². The lowest BCUT2D eigenvalue weighted by Crippen LogP contribution is -2.02. The topological polar surface area (TPSA) is 25.2 Å². The van der Waals surface area contributed by atoms with Gasteiger partial charge in [-0.25, -0.2) is 0 Å². The fourth-order valence-electron chi connectivity index (χ4n) is 2.58. The van der Waals surface area contributed by atoms with E-state index in [0.29, 0.717) is 0 Å². The summed E-state index contributed by atoms with van der Waals surface area (Å²) in [6, 6.07) is 16.6. The van der Waals surface area contributed by atoms with Gasteiger partial charge in [0.25, 0.3) is 0 Å². The lowest BCUT2D eigenvalue weighted by molar-refractivity contribution is 0.551. The molecule has 0 bridgehead atoms. The van der Waals surface area contributed by atoms with Crippen molar-refractivity contribution >= 4 is 16.7 Å². The third kappa shape index (κ3) is 2.29. The van der Waals surface area contributed by atoms with Crippen molar-refractivity contribution in [3.8, 4) is 0 Å². The van der Waals surface area contributed by atoms with Crippen molar-refractivity contribution in [1.82, 2.24) is 0 Å². The zero-order valence-electron chi connectivity index (χ0n) is 11.9. The highest BCUT2D eigenvalue weighted by atomic mass is 16.3. The van der Waals surface area contributed by atoms with Gasteiger partial charge in [-0.15, -0.1) is 0 Å². The summed E-state index contributed by atoms with van der Waals surface area (Å²) < 4.78 is 5.93. The summed E-state index contributed by atoms with van der Waals surface area (Å²) in [5, 5.41) is 4.74. The Labute approximate surface area is 119 Å². The summed E-state index contributed by atoms with van der Waals surface area (Å²) in [5.74, 6) is 1.08. The van der Waals surface area contributed by atoms with Crippen molar-refractivity contribution in [3.63, 3.8) is 0 Å². The van der Waals surface area contributed by atoms with E-state index in [0.717, 1.165) is 24.3 Å². The maximum Gasteiger partial charge on any atom is 0.134 e. The molecule has 1 N–H and O–H groups in total. The standard InChI is InChI=1S/C18H19NO/c1-3-17-15(14-9-5-7-11-18(14)20-17)12-19-16-10-6-4-8-13(16)2/h4-11,19H,3,12H2,1-2H3. The predicted octanol–water partition coefficient (Wildman–Crippen LogP) is 4.92. The summed E-state index contributed by atoms with van der Waals surface area (Å²) in [5.41, 5.74) is 4.69. The number of aryl methyl sites for hydroxylation is 2. The number of para-hydroxylation sites is 2. The predicted molar refractivity (Wildman–Crippen MR) is 84.1 cm³/mol. The number of anilines is 1. The molecule has 3 rings (SSSR count). The van der Waals surface area contributed by atoms with Crippen LogP contribution in [0.4, 0.5) is 5.69 Å². The number of furan rings is 1. The van der Waals surface area contributed by atoms with Gasteiger partial charge in [0.1, 0.15) is 11.3 Å². The largest absolute Gasteiger partial charge is 0.461 e. The first-order valence-electron chi connectivity index (χ1n) is 7.08. The van der Waals surface area contributed by atoms with Crippen LogP contribution in [-0.2, 0) is 13.0 Å². The molecule has 0 radical (unpaired) electrons. The van der Waals surface area contributed by atoms with E-state index in [1.54, 1.807) is 0 Å². The van der Waals surface area contributed by atoms with Crippen LogP contribution in [0.25, 0.3) is 11.0 Å². The zero-order valence-corrected chi connectivity index (χ0v) is 11.9. The number of nitrogens with one attached hydrogen (secondary N) is 1. The summed E-state index contributed by atoms with van der Waals surface area (Å²) in [4.78, 5) is 0. The van der Waals surface area contributed by atoms with Gasteiger partial charge in [0.15, 0.2) is 0 Å². The molecular formula is C18H19NO. The van der Waals surface area contributed by atoms with Crippen molar-refractivity contribution in [2.24, 2.45) is 0 Å². The minimum absolute atomic E-state index is 0.797. The lowest BCUT2D eigenvalue weighted by atomic mass is 10.1. The highest BCUT2D eigenvalue weighted by molar-refractivity contribution is 5.82. The van der Waals surface area contributed by atoms with Gasteiger partial charge in [0.05, 0.1) is 0 Å². The van der Waals surface area contributed by atoms with Crippen molar-refractivity contribution in [2.75, 3.05) is 5.32 Å². The molecule has 0 unspecified atom stereocenters. The maximum absolute atomic E-state index is 5.93. The lowest BCUT2D eigenvalue weighted by Gasteiger charge is -2.09. The molecule has 0 atom stereocenters. The van der Waals surface area contributed by atoms with Gasteiger partial charge in [-0.2, -0.15) is 0 Å². The van der Waals surface area contributed by atoms with Gasteiger partial charge >= 0.3 is 0 Å². The molecule has 3 aromatic rings. The Morgan fingerprint density at radius 1 is 1.00 bits per heavy atom. The van der Waals surface area contributed by atoms with Crippen LogP contribution in [0, 0.1) is 6.92 Å². The molecule has 0 amide bonds. The Kier molecular flexibility index (Phi) is 3.46. The van der Waals surface area contributed by atoms with Crippen LogP contribution in [0.1, 0.15) is 23.8 Å². The summed E-state index contributed by atoms with van der Waals surface area (Å²) >= 11 is 0. The van der Waals surface area contributed by atoms with E-state index in [4.69, 9.17) is 4.42 Å². The van der Waals surface area contributed by atoms with Gasteiger partial charge in [-0.3, -0.25) is 0 Å². The Morgan fingerprint density at radius 3 is 2.55 bits per heavy atom. The first kappa shape index (κ1) is 12.8. The first-order valence-corrected chi connectivity index (χ1v) is 7.08. The normalized spacial score (nSPS) is 10.9. The second-order valence-electron chi connectivity index (χ2n) is 5.02. The van der Waals surface area contributed by atoms with E-state index in [2.05, 4.69) is 55.6 Å². The van der Waals surface area contributed by atoms with Crippen molar-refractivity contribution in [3.05, 3.63) is 65.4 Å². The summed E-state index contributed by atoms with van der Waals surface area (Å²) in [7, 11) is 0. The Balaban J connectivity index is 1.92. The molecular weight excluding hydrogens is 246 g/mol. The molecule has 0 aliphatic heterocycles. The molecule has 0 aliphatic carbocycles. The van der Waals surface area contributed by atoms with E-state index in [9.17, 15) is 0 Å². The molecule has 20 heavy (non-hydrogen) atoms. The van der Waals surface area contributed by atoms with Crippen LogP contribution >= 0.6 is 0 Å². The molecule has 1 heterocycles. The fraction of sp³-hybridized carbons (Fsp3) is 0.222. The third-order valence-corrected chi connectivity index (χ3v) is 3.70. The molecule has 2 nitrogen and oxygen atoms in total. The quantitative estimate of drug-likeness (QED) is 0.724. The van der Waals surface area contributed by atoms with Gasteiger partial charge in [0.2, 0.25) is 0 Å². The van der Waals surface area contributed by atoms with Gasteiger partial charge < -0.3 is 9.73 Å². The van der Waals surface area contributed by atoms with Crippen LogP contribution in [0.2, 0.25) is 0 Å². The SMILES string of the molecule is CCc1oc2ccccc2c1CNc1ccccc1C. The van der Waals surface area contributed by atoms with Crippen LogP contribution in [-0.4, -0.2) is 0 Å². The highest BCUT2D eigenvalue weighted by Crippen LogP contribution is 2.27. The molecule has 0 fully saturated rings. The van der Waals surface area contributed by atoms with Crippen molar-refractivity contribution in [1.29, 1.82) is 0 Å². The molecule has 0 saturated heterocycles. The van der Waals surface area contributed by atoms with Gasteiger partial charge in [0, 0.05) is 29.6 Å². The zero-order chi connectivity index (χ0) is 13.9. The molecule has 1 aromatic heterocycles.